The van der Waals surface area contributed by atoms with Crippen LogP contribution < -0.4 is 5.32 Å². The van der Waals surface area contributed by atoms with Gasteiger partial charge in [0.15, 0.2) is 0 Å². The van der Waals surface area contributed by atoms with Gasteiger partial charge in [-0.3, -0.25) is 4.79 Å². The zero-order valence-corrected chi connectivity index (χ0v) is 17.0. The topological polar surface area (TPSA) is 42.0 Å². The van der Waals surface area contributed by atoms with Crippen molar-refractivity contribution in [1.29, 1.82) is 0 Å². The monoisotopic (exact) mass is 402 g/mol. The second-order valence-electron chi connectivity index (χ2n) is 5.62. The molecule has 0 saturated heterocycles. The maximum Gasteiger partial charge on any atom is 0.252 e. The first kappa shape index (κ1) is 19.0. The Hall–Kier alpha value is -1.82. The van der Waals surface area contributed by atoms with Crippen LogP contribution in [0.25, 0.3) is 10.6 Å². The summed E-state index contributed by atoms with van der Waals surface area (Å²) < 4.78 is 0. The minimum absolute atomic E-state index is 0.0614. The van der Waals surface area contributed by atoms with Crippen LogP contribution in [0.3, 0.4) is 0 Å². The minimum atomic E-state index is -0.0614. The van der Waals surface area contributed by atoms with Crippen molar-refractivity contribution in [3.8, 4) is 10.6 Å². The highest BCUT2D eigenvalue weighted by Crippen LogP contribution is 2.32. The standard InChI is InChI=1S/C20H19ClN2OS2/c1-3-25-17-11-7-5-9-15(17)19(24)22-12-18-13(2)23-20(26-18)14-8-4-6-10-16(14)21/h4-11H,3,12H2,1-2H3,(H,22,24). The van der Waals surface area contributed by atoms with Crippen molar-refractivity contribution >= 4 is 40.6 Å². The van der Waals surface area contributed by atoms with Crippen LogP contribution in [0.5, 0.6) is 0 Å². The molecule has 2 aromatic carbocycles. The second-order valence-corrected chi connectivity index (χ2v) is 8.42. The van der Waals surface area contributed by atoms with E-state index in [2.05, 4.69) is 17.2 Å². The molecule has 0 aliphatic heterocycles. The van der Waals surface area contributed by atoms with Gasteiger partial charge in [-0.15, -0.1) is 23.1 Å². The third kappa shape index (κ3) is 4.29. The fourth-order valence-electron chi connectivity index (χ4n) is 2.53. The lowest BCUT2D eigenvalue weighted by Crippen LogP contribution is -2.23. The maximum absolute atomic E-state index is 12.6. The predicted molar refractivity (Wildman–Crippen MR) is 111 cm³/mol. The molecule has 0 saturated carbocycles. The minimum Gasteiger partial charge on any atom is -0.347 e. The Bertz CT molecular complexity index is 924. The first-order valence-electron chi connectivity index (χ1n) is 8.31. The molecule has 6 heteroatoms. The van der Waals surface area contributed by atoms with Crippen molar-refractivity contribution in [2.24, 2.45) is 0 Å². The summed E-state index contributed by atoms with van der Waals surface area (Å²) in [5.74, 6) is 0.869. The number of carbonyl (C=O) groups is 1. The van der Waals surface area contributed by atoms with Crippen molar-refractivity contribution in [1.82, 2.24) is 10.3 Å². The molecule has 0 atom stereocenters. The van der Waals surface area contributed by atoms with Gasteiger partial charge in [-0.2, -0.15) is 0 Å². The van der Waals surface area contributed by atoms with Crippen LogP contribution >= 0.6 is 34.7 Å². The zero-order chi connectivity index (χ0) is 18.5. The van der Waals surface area contributed by atoms with Crippen LogP contribution in [-0.2, 0) is 6.54 Å². The molecule has 134 valence electrons. The van der Waals surface area contributed by atoms with Crippen molar-refractivity contribution in [2.45, 2.75) is 25.3 Å². The zero-order valence-electron chi connectivity index (χ0n) is 14.6. The molecule has 0 radical (unpaired) electrons. The molecule has 1 amide bonds. The van der Waals surface area contributed by atoms with Crippen molar-refractivity contribution < 1.29 is 4.79 Å². The number of rotatable bonds is 6. The van der Waals surface area contributed by atoms with E-state index in [0.29, 0.717) is 17.1 Å². The van der Waals surface area contributed by atoms with Gasteiger partial charge in [0.2, 0.25) is 0 Å². The molecule has 26 heavy (non-hydrogen) atoms. The summed E-state index contributed by atoms with van der Waals surface area (Å²) >= 11 is 9.51. The molecular formula is C20H19ClN2OS2. The predicted octanol–water partition coefficient (Wildman–Crippen LogP) is 5.81. The Labute approximate surface area is 166 Å². The molecule has 1 aromatic heterocycles. The average Bonchev–Trinajstić information content (AvgIpc) is 3.01. The number of amides is 1. The van der Waals surface area contributed by atoms with E-state index in [4.69, 9.17) is 11.6 Å². The van der Waals surface area contributed by atoms with Crippen LogP contribution in [0.2, 0.25) is 5.02 Å². The summed E-state index contributed by atoms with van der Waals surface area (Å²) in [5, 5.41) is 4.58. The average molecular weight is 403 g/mol. The third-order valence-electron chi connectivity index (χ3n) is 3.84. The smallest absolute Gasteiger partial charge is 0.252 e. The molecule has 0 fully saturated rings. The fraction of sp³-hybridized carbons (Fsp3) is 0.200. The maximum atomic E-state index is 12.6. The summed E-state index contributed by atoms with van der Waals surface area (Å²) in [5.41, 5.74) is 2.55. The van der Waals surface area contributed by atoms with Crippen molar-refractivity contribution in [2.75, 3.05) is 5.75 Å². The van der Waals surface area contributed by atoms with Gasteiger partial charge < -0.3 is 5.32 Å². The van der Waals surface area contributed by atoms with Crippen LogP contribution in [-0.4, -0.2) is 16.6 Å². The number of hydrogen-bond acceptors (Lipinski definition) is 4. The molecule has 3 nitrogen and oxygen atoms in total. The molecule has 1 heterocycles. The Balaban J connectivity index is 1.75. The first-order chi connectivity index (χ1) is 12.6. The van der Waals surface area contributed by atoms with Crippen LogP contribution in [0, 0.1) is 6.92 Å². The summed E-state index contributed by atoms with van der Waals surface area (Å²) in [4.78, 5) is 19.3. The van der Waals surface area contributed by atoms with E-state index >= 15 is 0 Å². The van der Waals surface area contributed by atoms with E-state index in [1.54, 1.807) is 23.1 Å². The summed E-state index contributed by atoms with van der Waals surface area (Å²) in [6.45, 7) is 4.49. The normalized spacial score (nSPS) is 10.7. The number of aromatic nitrogens is 1. The van der Waals surface area contributed by atoms with Crippen LogP contribution in [0.4, 0.5) is 0 Å². The van der Waals surface area contributed by atoms with E-state index < -0.39 is 0 Å². The number of nitrogens with zero attached hydrogens (tertiary/aromatic N) is 1. The summed E-state index contributed by atoms with van der Waals surface area (Å²) in [7, 11) is 0. The molecule has 3 aromatic rings. The van der Waals surface area contributed by atoms with Crippen LogP contribution in [0.15, 0.2) is 53.4 Å². The number of hydrogen-bond donors (Lipinski definition) is 1. The molecule has 0 bridgehead atoms. The molecule has 0 spiro atoms. The lowest BCUT2D eigenvalue weighted by Gasteiger charge is -2.08. The highest BCUT2D eigenvalue weighted by Gasteiger charge is 2.14. The lowest BCUT2D eigenvalue weighted by molar-refractivity contribution is 0.0948. The van der Waals surface area contributed by atoms with Gasteiger partial charge >= 0.3 is 0 Å². The van der Waals surface area contributed by atoms with E-state index in [1.807, 2.05) is 55.5 Å². The first-order valence-corrected chi connectivity index (χ1v) is 10.5. The van der Waals surface area contributed by atoms with E-state index in [-0.39, 0.29) is 5.91 Å². The number of benzene rings is 2. The van der Waals surface area contributed by atoms with Gasteiger partial charge in [-0.25, -0.2) is 4.98 Å². The third-order valence-corrected chi connectivity index (χ3v) is 6.31. The van der Waals surface area contributed by atoms with Crippen LogP contribution in [0.1, 0.15) is 27.9 Å². The second kappa shape index (κ2) is 8.71. The number of thioether (sulfide) groups is 1. The molecule has 0 aliphatic rings. The highest BCUT2D eigenvalue weighted by molar-refractivity contribution is 7.99. The Morgan fingerprint density at radius 1 is 1.19 bits per heavy atom. The van der Waals surface area contributed by atoms with Gasteiger partial charge in [0.1, 0.15) is 5.01 Å². The Kier molecular flexibility index (Phi) is 6.35. The van der Waals surface area contributed by atoms with E-state index in [1.165, 1.54) is 0 Å². The number of nitrogens with one attached hydrogen (secondary N) is 1. The molecular weight excluding hydrogens is 384 g/mol. The van der Waals surface area contributed by atoms with Crippen molar-refractivity contribution in [3.05, 3.63) is 69.7 Å². The lowest BCUT2D eigenvalue weighted by atomic mass is 10.2. The quantitative estimate of drug-likeness (QED) is 0.528. The molecule has 3 rings (SSSR count). The summed E-state index contributed by atoms with van der Waals surface area (Å²) in [6.07, 6.45) is 0. The molecule has 0 unspecified atom stereocenters. The summed E-state index contributed by atoms with van der Waals surface area (Å²) in [6, 6.07) is 15.4. The number of aryl methyl sites for hydroxylation is 1. The number of halogens is 1. The Morgan fingerprint density at radius 2 is 1.92 bits per heavy atom. The van der Waals surface area contributed by atoms with Gasteiger partial charge in [0.25, 0.3) is 5.91 Å². The van der Waals surface area contributed by atoms with E-state index in [9.17, 15) is 4.79 Å². The Morgan fingerprint density at radius 3 is 2.69 bits per heavy atom. The number of thiazole rings is 1. The molecule has 0 aliphatic carbocycles. The molecule has 1 N–H and O–H groups in total. The van der Waals surface area contributed by atoms with Crippen molar-refractivity contribution in [3.63, 3.8) is 0 Å². The fourth-order valence-corrected chi connectivity index (χ4v) is 4.66. The largest absolute Gasteiger partial charge is 0.347 e. The SMILES string of the molecule is CCSc1ccccc1C(=O)NCc1sc(-c2ccccc2Cl)nc1C. The highest BCUT2D eigenvalue weighted by atomic mass is 35.5. The van der Waals surface area contributed by atoms with Gasteiger partial charge in [-0.1, -0.05) is 48.9 Å². The van der Waals surface area contributed by atoms with Gasteiger partial charge in [0.05, 0.1) is 22.8 Å². The van der Waals surface area contributed by atoms with E-state index in [0.717, 1.165) is 31.8 Å². The van der Waals surface area contributed by atoms with Gasteiger partial charge in [0, 0.05) is 15.3 Å². The number of carbonyl (C=O) groups excluding carboxylic acids is 1. The van der Waals surface area contributed by atoms with Gasteiger partial charge in [-0.05, 0) is 30.9 Å².